The third-order valence-corrected chi connectivity index (χ3v) is 7.04. The number of H-pyrrole nitrogens is 1. The van der Waals surface area contributed by atoms with Gasteiger partial charge in [0.25, 0.3) is 0 Å². The van der Waals surface area contributed by atoms with Crippen LogP contribution in [0.4, 0.5) is 4.39 Å². The third kappa shape index (κ3) is 3.92. The molecule has 0 unspecified atom stereocenters. The molecule has 32 heavy (non-hydrogen) atoms. The van der Waals surface area contributed by atoms with E-state index in [4.69, 9.17) is 13.8 Å². The number of nitrogens with one attached hydrogen (secondary N) is 1. The zero-order valence-electron chi connectivity index (χ0n) is 17.8. The van der Waals surface area contributed by atoms with E-state index < -0.39 is 13.4 Å². The van der Waals surface area contributed by atoms with Crippen molar-refractivity contribution in [1.82, 2.24) is 19.5 Å². The van der Waals surface area contributed by atoms with Gasteiger partial charge in [-0.25, -0.2) is 14.2 Å². The first-order valence-electron chi connectivity index (χ1n) is 10.0. The van der Waals surface area contributed by atoms with Crippen molar-refractivity contribution in [3.05, 3.63) is 58.4 Å². The summed E-state index contributed by atoms with van der Waals surface area (Å²) in [6.07, 6.45) is 1.52. The summed E-state index contributed by atoms with van der Waals surface area (Å²) in [5.41, 5.74) is 1.67. The Kier molecular flexibility index (Phi) is 6.10. The van der Waals surface area contributed by atoms with Gasteiger partial charge < -0.3 is 18.8 Å². The van der Waals surface area contributed by atoms with Gasteiger partial charge in [0.1, 0.15) is 5.82 Å². The predicted molar refractivity (Wildman–Crippen MR) is 118 cm³/mol. The zero-order valence-corrected chi connectivity index (χ0v) is 18.7. The highest BCUT2D eigenvalue weighted by Crippen LogP contribution is 2.47. The molecule has 0 fully saturated rings. The van der Waals surface area contributed by atoms with Crippen LogP contribution < -0.4 is 15.7 Å². The molecule has 0 aliphatic heterocycles. The van der Waals surface area contributed by atoms with Crippen molar-refractivity contribution >= 4 is 35.0 Å². The number of nitrogens with zero attached hydrogens (tertiary/aromatic N) is 3. The number of hydrogen-bond acceptors (Lipinski definition) is 7. The van der Waals surface area contributed by atoms with Gasteiger partial charge in [-0.15, -0.1) is 0 Å². The molecule has 3 heterocycles. The second-order valence-electron chi connectivity index (χ2n) is 6.88. The van der Waals surface area contributed by atoms with Crippen LogP contribution in [0, 0.1) is 5.82 Å². The number of hydrogen-bond donors (Lipinski definition) is 1. The fourth-order valence-electron chi connectivity index (χ4n) is 3.55. The number of methoxy groups -OCH3 is 1. The molecule has 1 N–H and O–H groups in total. The van der Waals surface area contributed by atoms with Crippen LogP contribution in [0.3, 0.4) is 0 Å². The lowest BCUT2D eigenvalue weighted by atomic mass is 10.2. The Balaban J connectivity index is 1.77. The molecular weight excluding hydrogens is 438 g/mol. The number of imidazole rings is 1. The SMILES string of the molecule is CCOP(=O)(OCC)c1ccc(Cn2c(=O)[nH]c3cnc4nc(OC)ccc4c32)cc1F. The topological polar surface area (TPSA) is 108 Å². The molecule has 168 valence electrons. The molecule has 0 amide bonds. The minimum atomic E-state index is -3.77. The first kappa shape index (κ1) is 22.1. The van der Waals surface area contributed by atoms with Gasteiger partial charge in [0.05, 0.1) is 49.4 Å². The second-order valence-corrected chi connectivity index (χ2v) is 8.87. The minimum absolute atomic E-state index is 0.0781. The fourth-order valence-corrected chi connectivity index (χ4v) is 5.16. The summed E-state index contributed by atoms with van der Waals surface area (Å²) < 4.78 is 44.9. The Morgan fingerprint density at radius 1 is 1.16 bits per heavy atom. The number of ether oxygens (including phenoxy) is 1. The lowest BCUT2D eigenvalue weighted by Gasteiger charge is -2.18. The molecule has 0 atom stereocenters. The number of aromatic nitrogens is 4. The first-order valence-corrected chi connectivity index (χ1v) is 11.5. The van der Waals surface area contributed by atoms with Crippen molar-refractivity contribution < 1.29 is 22.7 Å². The highest BCUT2D eigenvalue weighted by atomic mass is 31.2. The maximum atomic E-state index is 14.9. The van der Waals surface area contributed by atoms with E-state index >= 15 is 0 Å². The Hall–Kier alpha value is -3.07. The summed E-state index contributed by atoms with van der Waals surface area (Å²) >= 11 is 0. The van der Waals surface area contributed by atoms with Gasteiger partial charge in [0.2, 0.25) is 5.88 Å². The number of fused-ring (bicyclic) bond motifs is 3. The van der Waals surface area contributed by atoms with E-state index in [1.807, 2.05) is 0 Å². The minimum Gasteiger partial charge on any atom is -0.481 e. The van der Waals surface area contributed by atoms with E-state index in [1.165, 1.54) is 30.0 Å². The molecule has 11 heteroatoms. The Bertz CT molecular complexity index is 1390. The Labute approximate surface area is 182 Å². The van der Waals surface area contributed by atoms with Gasteiger partial charge in [-0.05, 0) is 37.6 Å². The van der Waals surface area contributed by atoms with Crippen molar-refractivity contribution in [3.63, 3.8) is 0 Å². The summed E-state index contributed by atoms with van der Waals surface area (Å²) in [5.74, 6) is -0.321. The van der Waals surface area contributed by atoms with Crippen molar-refractivity contribution in [2.75, 3.05) is 20.3 Å². The number of pyridine rings is 2. The summed E-state index contributed by atoms with van der Waals surface area (Å²) in [7, 11) is -2.26. The summed E-state index contributed by atoms with van der Waals surface area (Å²) in [5, 5.41) is 0.512. The predicted octanol–water partition coefficient (Wildman–Crippen LogP) is 3.36. The molecule has 0 saturated heterocycles. The van der Waals surface area contributed by atoms with Gasteiger partial charge in [0.15, 0.2) is 5.65 Å². The van der Waals surface area contributed by atoms with Crippen molar-refractivity contribution in [3.8, 4) is 5.88 Å². The van der Waals surface area contributed by atoms with E-state index in [1.54, 1.807) is 32.0 Å². The van der Waals surface area contributed by atoms with E-state index in [2.05, 4.69) is 15.0 Å². The first-order chi connectivity index (χ1) is 15.4. The summed E-state index contributed by atoms with van der Waals surface area (Å²) in [4.78, 5) is 24.0. The van der Waals surface area contributed by atoms with Crippen molar-refractivity contribution in [2.45, 2.75) is 20.4 Å². The Morgan fingerprint density at radius 2 is 1.91 bits per heavy atom. The van der Waals surface area contributed by atoms with Crippen LogP contribution >= 0.6 is 7.60 Å². The van der Waals surface area contributed by atoms with E-state index in [-0.39, 0.29) is 30.8 Å². The maximum Gasteiger partial charge on any atom is 0.364 e. The van der Waals surface area contributed by atoms with E-state index in [0.717, 1.165) is 0 Å². The lowest BCUT2D eigenvalue weighted by Crippen LogP contribution is -2.19. The number of rotatable bonds is 8. The van der Waals surface area contributed by atoms with E-state index in [0.29, 0.717) is 33.5 Å². The third-order valence-electron chi connectivity index (χ3n) is 4.89. The van der Waals surface area contributed by atoms with Gasteiger partial charge in [0, 0.05) is 11.5 Å². The molecule has 9 nitrogen and oxygen atoms in total. The standard InChI is InChI=1S/C21H22FN4O5P/c1-4-30-32(28,31-5-2)17-8-6-13(10-15(17)22)12-26-19-14-7-9-18(29-3)25-20(14)23-11-16(19)24-21(26)27/h6-11H,4-5,12H2,1-3H3,(H,24,27). The molecule has 0 bridgehead atoms. The number of aromatic amines is 1. The van der Waals surface area contributed by atoms with Crippen LogP contribution in [0.15, 0.2) is 41.3 Å². The largest absolute Gasteiger partial charge is 0.481 e. The molecule has 0 aliphatic carbocycles. The second kappa shape index (κ2) is 8.82. The molecule has 0 spiro atoms. The summed E-state index contributed by atoms with van der Waals surface area (Å²) in [6, 6.07) is 7.65. The van der Waals surface area contributed by atoms with Gasteiger partial charge >= 0.3 is 13.3 Å². The quantitative estimate of drug-likeness (QED) is 0.402. The molecule has 0 aliphatic rings. The van der Waals surface area contributed by atoms with Crippen LogP contribution in [0.2, 0.25) is 0 Å². The van der Waals surface area contributed by atoms with Crippen LogP contribution in [0.25, 0.3) is 22.1 Å². The van der Waals surface area contributed by atoms with Gasteiger partial charge in [-0.3, -0.25) is 9.13 Å². The highest BCUT2D eigenvalue weighted by molar-refractivity contribution is 7.62. The van der Waals surface area contributed by atoms with Crippen LogP contribution in [0.1, 0.15) is 19.4 Å². The number of benzene rings is 1. The smallest absolute Gasteiger partial charge is 0.364 e. The van der Waals surface area contributed by atoms with Crippen LogP contribution in [-0.4, -0.2) is 39.8 Å². The highest BCUT2D eigenvalue weighted by Gasteiger charge is 2.30. The fraction of sp³-hybridized carbons (Fsp3) is 0.286. The summed E-state index contributed by atoms with van der Waals surface area (Å²) in [6.45, 7) is 3.62. The molecule has 0 radical (unpaired) electrons. The molecule has 4 aromatic rings. The van der Waals surface area contributed by atoms with Gasteiger partial charge in [-0.1, -0.05) is 6.07 Å². The molecule has 0 saturated carbocycles. The van der Waals surface area contributed by atoms with Crippen LogP contribution in [-0.2, 0) is 20.2 Å². The molecule has 4 rings (SSSR count). The van der Waals surface area contributed by atoms with Crippen molar-refractivity contribution in [2.24, 2.45) is 0 Å². The van der Waals surface area contributed by atoms with Gasteiger partial charge in [-0.2, -0.15) is 4.98 Å². The average molecular weight is 460 g/mol. The molecular formula is C21H22FN4O5P. The monoisotopic (exact) mass is 460 g/mol. The van der Waals surface area contributed by atoms with Crippen LogP contribution in [0.5, 0.6) is 5.88 Å². The molecule has 3 aromatic heterocycles. The number of halogens is 1. The van der Waals surface area contributed by atoms with E-state index in [9.17, 15) is 13.8 Å². The molecule has 1 aromatic carbocycles. The maximum absolute atomic E-state index is 14.9. The Morgan fingerprint density at radius 3 is 2.56 bits per heavy atom. The van der Waals surface area contributed by atoms with Crippen molar-refractivity contribution in [1.29, 1.82) is 0 Å². The lowest BCUT2D eigenvalue weighted by molar-refractivity contribution is 0.229. The zero-order chi connectivity index (χ0) is 22.9. The normalized spacial score (nSPS) is 12.0. The average Bonchev–Trinajstić information content (AvgIpc) is 3.09.